The third-order valence-electron chi connectivity index (χ3n) is 7.24. The van der Waals surface area contributed by atoms with Gasteiger partial charge in [0.05, 0.1) is 5.56 Å². The van der Waals surface area contributed by atoms with Crippen LogP contribution >= 0.6 is 0 Å². The molecule has 0 aromatic heterocycles. The fourth-order valence-electron chi connectivity index (χ4n) is 5.12. The lowest BCUT2D eigenvalue weighted by Crippen LogP contribution is -2.15. The quantitative estimate of drug-likeness (QED) is 0.302. The summed E-state index contributed by atoms with van der Waals surface area (Å²) in [5.41, 5.74) is 2.39. The predicted octanol–water partition coefficient (Wildman–Crippen LogP) is 10.0. The van der Waals surface area contributed by atoms with Gasteiger partial charge in [-0.25, -0.2) is 13.2 Å². The molecule has 0 amide bonds. The number of unbranched alkanes of at least 4 members (excludes halogenated alkanes) is 4. The first-order valence-electron chi connectivity index (χ1n) is 12.7. The number of hydrogen-bond donors (Lipinski definition) is 0. The van der Waals surface area contributed by atoms with Crippen LogP contribution in [-0.4, -0.2) is 0 Å². The Labute approximate surface area is 192 Å². The molecule has 1 fully saturated rings. The molecule has 0 atom stereocenters. The minimum atomic E-state index is -3.11. The molecule has 176 valence electrons. The van der Waals surface area contributed by atoms with Crippen molar-refractivity contribution in [2.24, 2.45) is 5.92 Å². The zero-order valence-corrected chi connectivity index (χ0v) is 19.8. The Balaban J connectivity index is 1.58. The maximum atomic E-state index is 14.5. The maximum absolute atomic E-state index is 14.5. The van der Waals surface area contributed by atoms with E-state index in [1.54, 1.807) is 6.07 Å². The summed E-state index contributed by atoms with van der Waals surface area (Å²) in [7, 11) is 0. The van der Waals surface area contributed by atoms with Gasteiger partial charge in [0, 0.05) is 6.42 Å². The number of alkyl halides is 2. The van der Waals surface area contributed by atoms with Gasteiger partial charge in [-0.3, -0.25) is 0 Å². The Morgan fingerprint density at radius 2 is 1.44 bits per heavy atom. The van der Waals surface area contributed by atoms with Crippen molar-refractivity contribution in [3.63, 3.8) is 0 Å². The topological polar surface area (TPSA) is 0 Å². The summed E-state index contributed by atoms with van der Waals surface area (Å²) in [6.07, 6.45) is 12.6. The minimum absolute atomic E-state index is 0.310. The van der Waals surface area contributed by atoms with Gasteiger partial charge in [-0.05, 0) is 72.8 Å². The van der Waals surface area contributed by atoms with Crippen LogP contribution in [0, 0.1) is 11.7 Å². The van der Waals surface area contributed by atoms with E-state index in [9.17, 15) is 13.2 Å². The SMILES string of the molecule is CCCCCCC1CCC(c2ccc(-c3ccc(C(F)(F)CCCC)c(F)c3)cc2)CC1. The number of hydrogen-bond acceptors (Lipinski definition) is 0. The summed E-state index contributed by atoms with van der Waals surface area (Å²) < 4.78 is 43.1. The fourth-order valence-corrected chi connectivity index (χ4v) is 5.12. The molecule has 3 heteroatoms. The van der Waals surface area contributed by atoms with E-state index in [-0.39, 0.29) is 6.42 Å². The molecule has 2 aromatic carbocycles. The number of halogens is 3. The molecule has 2 aromatic rings. The average molecular weight is 445 g/mol. The van der Waals surface area contributed by atoms with Crippen molar-refractivity contribution in [1.82, 2.24) is 0 Å². The lowest BCUT2D eigenvalue weighted by Gasteiger charge is -2.29. The summed E-state index contributed by atoms with van der Waals surface area (Å²) in [6, 6.07) is 12.4. The van der Waals surface area contributed by atoms with E-state index in [0.29, 0.717) is 24.3 Å². The largest absolute Gasteiger partial charge is 0.276 e. The summed E-state index contributed by atoms with van der Waals surface area (Å²) in [6.45, 7) is 4.12. The standard InChI is InChI=1S/C29H39F3/c1-3-5-7-8-9-22-10-12-23(13-11-22)24-14-16-25(17-15-24)26-18-19-27(28(30)21-26)29(31,32)20-6-4-2/h14-19,21-23H,3-13,20H2,1-2H3. The highest BCUT2D eigenvalue weighted by Crippen LogP contribution is 2.39. The zero-order chi connectivity index (χ0) is 23.0. The van der Waals surface area contributed by atoms with Gasteiger partial charge < -0.3 is 0 Å². The van der Waals surface area contributed by atoms with Crippen molar-refractivity contribution >= 4 is 0 Å². The lowest BCUT2D eigenvalue weighted by molar-refractivity contribution is -0.0187. The molecule has 0 saturated heterocycles. The highest BCUT2D eigenvalue weighted by molar-refractivity contribution is 5.64. The second-order valence-corrected chi connectivity index (χ2v) is 9.69. The number of rotatable bonds is 11. The van der Waals surface area contributed by atoms with Gasteiger partial charge in [-0.1, -0.05) is 82.7 Å². The van der Waals surface area contributed by atoms with Crippen LogP contribution in [-0.2, 0) is 5.92 Å². The smallest absolute Gasteiger partial charge is 0.206 e. The second-order valence-electron chi connectivity index (χ2n) is 9.69. The van der Waals surface area contributed by atoms with Crippen LogP contribution < -0.4 is 0 Å². The lowest BCUT2D eigenvalue weighted by atomic mass is 9.77. The van der Waals surface area contributed by atoms with Crippen molar-refractivity contribution in [1.29, 1.82) is 0 Å². The molecule has 0 spiro atoms. The first-order valence-corrected chi connectivity index (χ1v) is 12.7. The molecule has 0 N–H and O–H groups in total. The highest BCUT2D eigenvalue weighted by Gasteiger charge is 2.33. The summed E-state index contributed by atoms with van der Waals surface area (Å²) in [5.74, 6) is -2.44. The molecule has 3 rings (SSSR count). The molecule has 1 saturated carbocycles. The van der Waals surface area contributed by atoms with Gasteiger partial charge in [-0.15, -0.1) is 0 Å². The van der Waals surface area contributed by atoms with E-state index in [0.717, 1.165) is 11.5 Å². The molecule has 0 bridgehead atoms. The molecule has 1 aliphatic carbocycles. The molecule has 0 heterocycles. The van der Waals surface area contributed by atoms with Crippen molar-refractivity contribution in [2.75, 3.05) is 0 Å². The van der Waals surface area contributed by atoms with E-state index < -0.39 is 17.3 Å². The summed E-state index contributed by atoms with van der Waals surface area (Å²) in [4.78, 5) is 0. The molecule has 0 aliphatic heterocycles. The predicted molar refractivity (Wildman–Crippen MR) is 129 cm³/mol. The van der Waals surface area contributed by atoms with E-state index in [1.165, 1.54) is 75.5 Å². The normalized spacial score (nSPS) is 19.3. The Kier molecular flexibility index (Phi) is 9.25. The van der Waals surface area contributed by atoms with Crippen LogP contribution in [0.3, 0.4) is 0 Å². The fraction of sp³-hybridized carbons (Fsp3) is 0.586. The molecular formula is C29H39F3. The van der Waals surface area contributed by atoms with E-state index in [2.05, 4.69) is 19.1 Å². The molecular weight excluding hydrogens is 405 g/mol. The maximum Gasteiger partial charge on any atom is 0.276 e. The monoisotopic (exact) mass is 444 g/mol. The number of benzene rings is 2. The van der Waals surface area contributed by atoms with Crippen LogP contribution in [0.4, 0.5) is 13.2 Å². The van der Waals surface area contributed by atoms with Crippen LogP contribution in [0.5, 0.6) is 0 Å². The molecule has 0 unspecified atom stereocenters. The molecule has 32 heavy (non-hydrogen) atoms. The van der Waals surface area contributed by atoms with E-state index in [4.69, 9.17) is 0 Å². The average Bonchev–Trinajstić information content (AvgIpc) is 2.81. The Morgan fingerprint density at radius 3 is 2.06 bits per heavy atom. The van der Waals surface area contributed by atoms with Crippen molar-refractivity contribution in [3.05, 3.63) is 59.4 Å². The second kappa shape index (κ2) is 11.9. The van der Waals surface area contributed by atoms with Gasteiger partial charge in [-0.2, -0.15) is 0 Å². The molecule has 0 radical (unpaired) electrons. The van der Waals surface area contributed by atoms with E-state index in [1.807, 2.05) is 19.1 Å². The van der Waals surface area contributed by atoms with Crippen LogP contribution in [0.25, 0.3) is 11.1 Å². The van der Waals surface area contributed by atoms with Crippen LogP contribution in [0.1, 0.15) is 108 Å². The first-order chi connectivity index (χ1) is 15.4. The Bertz CT molecular complexity index is 817. The minimum Gasteiger partial charge on any atom is -0.206 e. The van der Waals surface area contributed by atoms with Crippen molar-refractivity contribution < 1.29 is 13.2 Å². The van der Waals surface area contributed by atoms with Crippen LogP contribution in [0.15, 0.2) is 42.5 Å². The Morgan fingerprint density at radius 1 is 0.781 bits per heavy atom. The first kappa shape index (κ1) is 24.9. The van der Waals surface area contributed by atoms with Gasteiger partial charge in [0.2, 0.25) is 0 Å². The third kappa shape index (κ3) is 6.62. The van der Waals surface area contributed by atoms with Gasteiger partial charge in [0.25, 0.3) is 5.92 Å². The van der Waals surface area contributed by atoms with Gasteiger partial charge in [0.1, 0.15) is 5.82 Å². The van der Waals surface area contributed by atoms with Crippen LogP contribution in [0.2, 0.25) is 0 Å². The molecule has 1 aliphatic rings. The van der Waals surface area contributed by atoms with E-state index >= 15 is 0 Å². The summed E-state index contributed by atoms with van der Waals surface area (Å²) >= 11 is 0. The van der Waals surface area contributed by atoms with Gasteiger partial charge in [0.15, 0.2) is 0 Å². The highest BCUT2D eigenvalue weighted by atomic mass is 19.3. The Hall–Kier alpha value is -1.77. The molecule has 0 nitrogen and oxygen atoms in total. The van der Waals surface area contributed by atoms with Crippen molar-refractivity contribution in [3.8, 4) is 11.1 Å². The van der Waals surface area contributed by atoms with Gasteiger partial charge >= 0.3 is 0 Å². The summed E-state index contributed by atoms with van der Waals surface area (Å²) in [5, 5.41) is 0. The third-order valence-corrected chi connectivity index (χ3v) is 7.24. The van der Waals surface area contributed by atoms with Crippen molar-refractivity contribution in [2.45, 2.75) is 103 Å². The zero-order valence-electron chi connectivity index (χ0n) is 19.8.